The summed E-state index contributed by atoms with van der Waals surface area (Å²) in [5.41, 5.74) is 3.20. The van der Waals surface area contributed by atoms with Crippen molar-refractivity contribution in [1.82, 2.24) is 19.7 Å². The van der Waals surface area contributed by atoms with Crippen molar-refractivity contribution in [2.24, 2.45) is 0 Å². The number of thioether (sulfide) groups is 1. The van der Waals surface area contributed by atoms with Gasteiger partial charge in [0.1, 0.15) is 0 Å². The van der Waals surface area contributed by atoms with Gasteiger partial charge in [-0.15, -0.1) is 10.2 Å². The van der Waals surface area contributed by atoms with Crippen LogP contribution >= 0.6 is 11.8 Å². The molecule has 3 aromatic rings. The molecule has 0 radical (unpaired) electrons. The Bertz CT molecular complexity index is 849. The minimum Gasteiger partial charge on any atom is -0.270 e. The third-order valence-electron chi connectivity index (χ3n) is 3.64. The van der Waals surface area contributed by atoms with Gasteiger partial charge >= 0.3 is 0 Å². The van der Waals surface area contributed by atoms with Gasteiger partial charge in [-0.1, -0.05) is 30.8 Å². The fourth-order valence-electron chi connectivity index (χ4n) is 2.33. The van der Waals surface area contributed by atoms with Crippen molar-refractivity contribution < 1.29 is 0 Å². The van der Waals surface area contributed by atoms with E-state index in [9.17, 15) is 0 Å². The van der Waals surface area contributed by atoms with Crippen LogP contribution in [0.1, 0.15) is 19.4 Å². The van der Waals surface area contributed by atoms with Crippen LogP contribution in [0, 0.1) is 11.3 Å². The quantitative estimate of drug-likeness (QED) is 0.662. The van der Waals surface area contributed by atoms with Crippen molar-refractivity contribution in [3.63, 3.8) is 0 Å². The molecular weight excluding hydrogens is 318 g/mol. The average Bonchev–Trinajstić information content (AvgIpc) is 3.05. The zero-order valence-corrected chi connectivity index (χ0v) is 14.4. The van der Waals surface area contributed by atoms with Gasteiger partial charge in [0.05, 0.1) is 11.3 Å². The van der Waals surface area contributed by atoms with Crippen molar-refractivity contribution >= 4 is 11.8 Å². The molecule has 0 aliphatic rings. The highest BCUT2D eigenvalue weighted by Gasteiger charge is 2.18. The van der Waals surface area contributed by atoms with E-state index in [0.29, 0.717) is 5.16 Å². The number of benzene rings is 1. The lowest BCUT2D eigenvalue weighted by Crippen LogP contribution is -2.02. The summed E-state index contributed by atoms with van der Waals surface area (Å²) in [7, 11) is 0. The Balaban J connectivity index is 2.12. The second-order valence-corrected chi connectivity index (χ2v) is 6.59. The van der Waals surface area contributed by atoms with Crippen LogP contribution in [0.25, 0.3) is 17.1 Å². The molecular formula is C18H17N5S. The smallest absolute Gasteiger partial charge is 0.197 e. The average molecular weight is 335 g/mol. The SMILES string of the molecule is CCc1ccc(-n2c(SC(C)C#N)nnc2-c2ccncc2)cc1. The number of aromatic nitrogens is 4. The van der Waals surface area contributed by atoms with E-state index in [-0.39, 0.29) is 5.25 Å². The van der Waals surface area contributed by atoms with Gasteiger partial charge in [0, 0.05) is 23.6 Å². The van der Waals surface area contributed by atoms with Crippen molar-refractivity contribution in [3.05, 3.63) is 54.4 Å². The minimum atomic E-state index is -0.201. The number of aryl methyl sites for hydroxylation is 1. The maximum atomic E-state index is 9.11. The standard InChI is InChI=1S/C18H17N5S/c1-3-14-4-6-16(7-5-14)23-17(15-8-10-20-11-9-15)21-22-18(23)24-13(2)12-19/h4-11,13H,3H2,1-2H3. The van der Waals surface area contributed by atoms with Crippen molar-refractivity contribution in [3.8, 4) is 23.1 Å². The van der Waals surface area contributed by atoms with E-state index >= 15 is 0 Å². The molecule has 0 aliphatic carbocycles. The minimum absolute atomic E-state index is 0.201. The summed E-state index contributed by atoms with van der Waals surface area (Å²) in [6.07, 6.45) is 4.46. The van der Waals surface area contributed by atoms with E-state index in [4.69, 9.17) is 5.26 Å². The van der Waals surface area contributed by atoms with E-state index in [1.807, 2.05) is 23.6 Å². The summed E-state index contributed by atoms with van der Waals surface area (Å²) in [5, 5.41) is 18.3. The van der Waals surface area contributed by atoms with Gasteiger partial charge in [0.25, 0.3) is 0 Å². The van der Waals surface area contributed by atoms with E-state index in [2.05, 4.69) is 52.4 Å². The molecule has 120 valence electrons. The summed E-state index contributed by atoms with van der Waals surface area (Å²) >= 11 is 1.40. The molecule has 1 aromatic carbocycles. The first-order valence-corrected chi connectivity index (χ1v) is 8.62. The number of hydrogen-bond donors (Lipinski definition) is 0. The molecule has 1 unspecified atom stereocenters. The maximum absolute atomic E-state index is 9.11. The van der Waals surface area contributed by atoms with Crippen molar-refractivity contribution in [1.29, 1.82) is 5.26 Å². The zero-order chi connectivity index (χ0) is 16.9. The third-order valence-corrected chi connectivity index (χ3v) is 4.57. The fraction of sp³-hybridized carbons (Fsp3) is 0.222. The second kappa shape index (κ2) is 7.28. The molecule has 3 rings (SSSR count). The van der Waals surface area contributed by atoms with Crippen LogP contribution in [0.3, 0.4) is 0 Å². The molecule has 0 saturated heterocycles. The van der Waals surface area contributed by atoms with Gasteiger partial charge in [-0.05, 0) is 43.2 Å². The molecule has 24 heavy (non-hydrogen) atoms. The maximum Gasteiger partial charge on any atom is 0.197 e. The molecule has 0 bridgehead atoms. The Kier molecular flexibility index (Phi) is 4.92. The predicted molar refractivity (Wildman–Crippen MR) is 94.9 cm³/mol. The lowest BCUT2D eigenvalue weighted by Gasteiger charge is -2.11. The Morgan fingerprint density at radius 3 is 2.46 bits per heavy atom. The largest absolute Gasteiger partial charge is 0.270 e. The van der Waals surface area contributed by atoms with Crippen LogP contribution in [-0.2, 0) is 6.42 Å². The highest BCUT2D eigenvalue weighted by Crippen LogP contribution is 2.29. The van der Waals surface area contributed by atoms with Crippen LogP contribution in [0.5, 0.6) is 0 Å². The molecule has 0 N–H and O–H groups in total. The Morgan fingerprint density at radius 2 is 1.83 bits per heavy atom. The molecule has 0 saturated carbocycles. The lowest BCUT2D eigenvalue weighted by molar-refractivity contribution is 0.882. The number of pyridine rings is 1. The molecule has 2 aromatic heterocycles. The number of hydrogen-bond acceptors (Lipinski definition) is 5. The molecule has 6 heteroatoms. The molecule has 0 spiro atoms. The molecule has 1 atom stereocenters. The van der Waals surface area contributed by atoms with E-state index in [0.717, 1.165) is 23.5 Å². The number of nitrogens with zero attached hydrogens (tertiary/aromatic N) is 5. The first kappa shape index (κ1) is 16.2. The molecule has 0 fully saturated rings. The van der Waals surface area contributed by atoms with Crippen LogP contribution < -0.4 is 0 Å². The van der Waals surface area contributed by atoms with E-state index in [1.165, 1.54) is 17.3 Å². The summed E-state index contributed by atoms with van der Waals surface area (Å²) in [4.78, 5) is 4.06. The first-order valence-electron chi connectivity index (χ1n) is 7.74. The summed E-state index contributed by atoms with van der Waals surface area (Å²) in [6, 6.07) is 14.4. The van der Waals surface area contributed by atoms with Gasteiger partial charge in [-0.3, -0.25) is 9.55 Å². The normalized spacial score (nSPS) is 11.9. The fourth-order valence-corrected chi connectivity index (χ4v) is 3.09. The zero-order valence-electron chi connectivity index (χ0n) is 13.5. The number of rotatable bonds is 5. The van der Waals surface area contributed by atoms with Crippen LogP contribution in [0.2, 0.25) is 0 Å². The van der Waals surface area contributed by atoms with E-state index in [1.54, 1.807) is 12.4 Å². The highest BCUT2D eigenvalue weighted by atomic mass is 32.2. The van der Waals surface area contributed by atoms with Crippen molar-refractivity contribution in [2.75, 3.05) is 0 Å². The monoisotopic (exact) mass is 335 g/mol. The van der Waals surface area contributed by atoms with Crippen molar-refractivity contribution in [2.45, 2.75) is 30.7 Å². The molecule has 2 heterocycles. The molecule has 0 aliphatic heterocycles. The van der Waals surface area contributed by atoms with Crippen LogP contribution in [0.4, 0.5) is 0 Å². The van der Waals surface area contributed by atoms with Gasteiger partial charge in [0.2, 0.25) is 0 Å². The highest BCUT2D eigenvalue weighted by molar-refractivity contribution is 8.00. The van der Waals surface area contributed by atoms with E-state index < -0.39 is 0 Å². The Morgan fingerprint density at radius 1 is 1.12 bits per heavy atom. The summed E-state index contributed by atoms with van der Waals surface area (Å²) in [5.74, 6) is 0.745. The van der Waals surface area contributed by atoms with Gasteiger partial charge in [0.15, 0.2) is 11.0 Å². The van der Waals surface area contributed by atoms with Crippen LogP contribution in [-0.4, -0.2) is 25.0 Å². The first-order chi connectivity index (χ1) is 11.7. The summed E-state index contributed by atoms with van der Waals surface area (Å²) < 4.78 is 1.99. The van der Waals surface area contributed by atoms with Gasteiger partial charge in [-0.25, -0.2) is 0 Å². The summed E-state index contributed by atoms with van der Waals surface area (Å²) in [6.45, 7) is 3.99. The lowest BCUT2D eigenvalue weighted by atomic mass is 10.1. The van der Waals surface area contributed by atoms with Gasteiger partial charge in [-0.2, -0.15) is 5.26 Å². The molecule has 5 nitrogen and oxygen atoms in total. The number of nitriles is 1. The topological polar surface area (TPSA) is 67.4 Å². The Hall–Kier alpha value is -2.65. The second-order valence-electron chi connectivity index (χ2n) is 5.29. The predicted octanol–water partition coefficient (Wildman–Crippen LogP) is 3.90. The third kappa shape index (κ3) is 3.31. The molecule has 0 amide bonds. The Labute approximate surface area is 145 Å². The van der Waals surface area contributed by atoms with Gasteiger partial charge < -0.3 is 0 Å². The van der Waals surface area contributed by atoms with Crippen LogP contribution in [0.15, 0.2) is 53.9 Å².